The maximum Gasteiger partial charge on any atom is 0.0543 e. The second-order valence-corrected chi connectivity index (χ2v) is 17.4. The fraction of sp³-hybridized carbons (Fsp3) is 0.143. The van der Waals surface area contributed by atoms with Crippen LogP contribution in [-0.2, 0) is 16.2 Å². The molecule has 0 aromatic heterocycles. The molecule has 274 valence electrons. The number of para-hydroxylation sites is 1. The van der Waals surface area contributed by atoms with Gasteiger partial charge in [0, 0.05) is 33.1 Å². The van der Waals surface area contributed by atoms with E-state index in [1.165, 1.54) is 94.8 Å². The summed E-state index contributed by atoms with van der Waals surface area (Å²) < 4.78 is 0. The van der Waals surface area contributed by atoms with E-state index >= 15 is 0 Å². The average molecular weight is 732 g/mol. The monoisotopic (exact) mass is 731 g/mol. The lowest BCUT2D eigenvalue weighted by atomic mass is 9.74. The lowest BCUT2D eigenvalue weighted by Crippen LogP contribution is -2.23. The Bertz CT molecular complexity index is 2930. The predicted octanol–water partition coefficient (Wildman–Crippen LogP) is 14.8. The number of benzene rings is 8. The van der Waals surface area contributed by atoms with Crippen molar-refractivity contribution in [1.82, 2.24) is 0 Å². The third-order valence-corrected chi connectivity index (χ3v) is 13.7. The van der Waals surface area contributed by atoms with Gasteiger partial charge >= 0.3 is 0 Å². The normalized spacial score (nSPS) is 17.2. The molecule has 1 nitrogen and oxygen atoms in total. The van der Waals surface area contributed by atoms with Crippen molar-refractivity contribution in [3.05, 3.63) is 221 Å². The van der Waals surface area contributed by atoms with Gasteiger partial charge < -0.3 is 4.90 Å². The van der Waals surface area contributed by atoms with Gasteiger partial charge in [-0.2, -0.15) is 0 Å². The SMILES string of the molecule is CC1(C)c2ccccc2-c2c(N(c3ccc4c(c3)C(C)(c3ccccc3)c3ccccc3-4)c3ccccc3-c3cccc4c3C(C)(C)c3ccccc3-4)cccc21. The van der Waals surface area contributed by atoms with Gasteiger partial charge in [0.1, 0.15) is 0 Å². The summed E-state index contributed by atoms with van der Waals surface area (Å²) >= 11 is 0. The first-order chi connectivity index (χ1) is 27.7. The molecule has 3 aliphatic rings. The van der Waals surface area contributed by atoms with E-state index in [9.17, 15) is 0 Å². The second-order valence-electron chi connectivity index (χ2n) is 17.4. The van der Waals surface area contributed by atoms with Crippen LogP contribution in [0.25, 0.3) is 44.5 Å². The molecule has 8 aromatic rings. The van der Waals surface area contributed by atoms with Crippen LogP contribution in [0, 0.1) is 0 Å². The van der Waals surface area contributed by atoms with Gasteiger partial charge in [0.2, 0.25) is 0 Å². The predicted molar refractivity (Wildman–Crippen MR) is 239 cm³/mol. The van der Waals surface area contributed by atoms with Crippen LogP contribution in [0.5, 0.6) is 0 Å². The molecule has 0 fully saturated rings. The molecule has 0 amide bonds. The molecule has 0 bridgehead atoms. The maximum absolute atomic E-state index is 2.58. The molecule has 0 saturated heterocycles. The summed E-state index contributed by atoms with van der Waals surface area (Å²) in [7, 11) is 0. The summed E-state index contributed by atoms with van der Waals surface area (Å²) in [5, 5.41) is 0. The van der Waals surface area contributed by atoms with E-state index in [4.69, 9.17) is 0 Å². The van der Waals surface area contributed by atoms with Crippen LogP contribution in [-0.4, -0.2) is 0 Å². The molecule has 1 atom stereocenters. The van der Waals surface area contributed by atoms with E-state index in [1.807, 2.05) is 0 Å². The zero-order valence-electron chi connectivity index (χ0n) is 33.3. The molecule has 0 spiro atoms. The van der Waals surface area contributed by atoms with E-state index in [-0.39, 0.29) is 16.2 Å². The lowest BCUT2D eigenvalue weighted by molar-refractivity contribution is 0.660. The molecule has 0 N–H and O–H groups in total. The fourth-order valence-electron chi connectivity index (χ4n) is 11.0. The van der Waals surface area contributed by atoms with Gasteiger partial charge in [-0.25, -0.2) is 0 Å². The molecule has 0 aliphatic heterocycles. The molecule has 57 heavy (non-hydrogen) atoms. The van der Waals surface area contributed by atoms with Crippen LogP contribution < -0.4 is 4.90 Å². The van der Waals surface area contributed by atoms with Crippen molar-refractivity contribution < 1.29 is 0 Å². The van der Waals surface area contributed by atoms with Gasteiger partial charge in [0.25, 0.3) is 0 Å². The summed E-state index contributed by atoms with van der Waals surface area (Å²) in [5.74, 6) is 0. The zero-order chi connectivity index (χ0) is 38.7. The van der Waals surface area contributed by atoms with Gasteiger partial charge in [-0.3, -0.25) is 0 Å². The average Bonchev–Trinajstić information content (AvgIpc) is 3.76. The standard InChI is InChI=1S/C56H45N/c1-54(2)46-28-14-11-24-44(46)52-48(54)30-18-32-51(52)57(37-33-34-40-38-21-10-15-29-47(38)56(5,49(40)35-37)36-19-7-6-8-20-36)50-31-16-12-23-41(50)43-26-17-25-42-39-22-9-13-27-45(39)55(3,4)53(42)43/h6-35H,1-5H3. The van der Waals surface area contributed by atoms with Crippen molar-refractivity contribution in [2.24, 2.45) is 0 Å². The van der Waals surface area contributed by atoms with Crippen LogP contribution >= 0.6 is 0 Å². The van der Waals surface area contributed by atoms with Gasteiger partial charge in [0.15, 0.2) is 0 Å². The van der Waals surface area contributed by atoms with Crippen molar-refractivity contribution in [2.45, 2.75) is 50.9 Å². The van der Waals surface area contributed by atoms with Crippen molar-refractivity contribution in [3.63, 3.8) is 0 Å². The maximum atomic E-state index is 2.58. The number of fused-ring (bicyclic) bond motifs is 9. The Kier molecular flexibility index (Phi) is 7.15. The Balaban J connectivity index is 1.21. The highest BCUT2D eigenvalue weighted by molar-refractivity contribution is 6.00. The zero-order valence-corrected chi connectivity index (χ0v) is 33.3. The third kappa shape index (κ3) is 4.57. The molecule has 1 heteroatoms. The van der Waals surface area contributed by atoms with Crippen molar-refractivity contribution in [1.29, 1.82) is 0 Å². The number of hydrogen-bond acceptors (Lipinski definition) is 1. The molecular weight excluding hydrogens is 687 g/mol. The van der Waals surface area contributed by atoms with Crippen LogP contribution in [0.2, 0.25) is 0 Å². The first kappa shape index (κ1) is 33.9. The molecule has 0 radical (unpaired) electrons. The Labute approximate surface area is 336 Å². The third-order valence-electron chi connectivity index (χ3n) is 13.7. The highest BCUT2D eigenvalue weighted by Crippen LogP contribution is 2.59. The van der Waals surface area contributed by atoms with E-state index in [0.29, 0.717) is 0 Å². The smallest absolute Gasteiger partial charge is 0.0543 e. The van der Waals surface area contributed by atoms with Crippen LogP contribution in [0.15, 0.2) is 182 Å². The number of anilines is 3. The molecule has 1 unspecified atom stereocenters. The summed E-state index contributed by atoms with van der Waals surface area (Å²) in [6.07, 6.45) is 0. The highest BCUT2D eigenvalue weighted by Gasteiger charge is 2.43. The van der Waals surface area contributed by atoms with Crippen molar-refractivity contribution >= 4 is 17.1 Å². The summed E-state index contributed by atoms with van der Waals surface area (Å²) in [6, 6.07) is 68.3. The minimum atomic E-state index is -0.322. The van der Waals surface area contributed by atoms with Gasteiger partial charge in [0.05, 0.1) is 11.4 Å². The Hall–Kier alpha value is -6.44. The molecule has 0 saturated carbocycles. The summed E-state index contributed by atoms with van der Waals surface area (Å²) in [6.45, 7) is 12.0. The van der Waals surface area contributed by atoms with Gasteiger partial charge in [-0.1, -0.05) is 185 Å². The minimum Gasteiger partial charge on any atom is -0.309 e. The number of hydrogen-bond donors (Lipinski definition) is 0. The Morgan fingerprint density at radius 2 is 0.825 bits per heavy atom. The molecule has 0 heterocycles. The van der Waals surface area contributed by atoms with E-state index in [2.05, 4.69) is 222 Å². The molecule has 8 aromatic carbocycles. The summed E-state index contributed by atoms with van der Waals surface area (Å²) in [5.41, 5.74) is 22.9. The first-order valence-electron chi connectivity index (χ1n) is 20.4. The molecule has 11 rings (SSSR count). The van der Waals surface area contributed by atoms with Crippen LogP contribution in [0.4, 0.5) is 17.1 Å². The fourth-order valence-corrected chi connectivity index (χ4v) is 11.0. The second kappa shape index (κ2) is 12.0. The van der Waals surface area contributed by atoms with E-state index < -0.39 is 0 Å². The highest BCUT2D eigenvalue weighted by atomic mass is 15.1. The van der Waals surface area contributed by atoms with E-state index in [0.717, 1.165) is 5.69 Å². The Morgan fingerprint density at radius 3 is 1.56 bits per heavy atom. The van der Waals surface area contributed by atoms with Crippen LogP contribution in [0.1, 0.15) is 73.6 Å². The van der Waals surface area contributed by atoms with E-state index in [1.54, 1.807) is 0 Å². The number of rotatable bonds is 5. The minimum absolute atomic E-state index is 0.130. The van der Waals surface area contributed by atoms with Crippen molar-refractivity contribution in [3.8, 4) is 44.5 Å². The van der Waals surface area contributed by atoms with Gasteiger partial charge in [-0.15, -0.1) is 0 Å². The van der Waals surface area contributed by atoms with Gasteiger partial charge in [-0.05, 0) is 104 Å². The molecular formula is C56H45N. The largest absolute Gasteiger partial charge is 0.309 e. The lowest BCUT2D eigenvalue weighted by Gasteiger charge is -2.33. The molecule has 3 aliphatic carbocycles. The summed E-state index contributed by atoms with van der Waals surface area (Å²) in [4.78, 5) is 2.58. The quantitative estimate of drug-likeness (QED) is 0.170. The topological polar surface area (TPSA) is 3.24 Å². The van der Waals surface area contributed by atoms with Crippen LogP contribution in [0.3, 0.4) is 0 Å². The van der Waals surface area contributed by atoms with Crippen molar-refractivity contribution in [2.75, 3.05) is 4.90 Å². The number of nitrogens with zero attached hydrogens (tertiary/aromatic N) is 1. The Morgan fingerprint density at radius 1 is 0.333 bits per heavy atom. The first-order valence-corrected chi connectivity index (χ1v) is 20.4.